The molecule has 0 aliphatic rings. The number of methoxy groups -OCH3 is 1. The first kappa shape index (κ1) is 14.5. The van der Waals surface area contributed by atoms with Crippen LogP contribution in [0.5, 0.6) is 5.75 Å². The lowest BCUT2D eigenvalue weighted by atomic mass is 9.91. The minimum Gasteiger partial charge on any atom is -0.496 e. The Kier molecular flexibility index (Phi) is 5.16. The predicted octanol–water partition coefficient (Wildman–Crippen LogP) is 2.37. The van der Waals surface area contributed by atoms with Crippen LogP contribution in [0.3, 0.4) is 0 Å². The topological polar surface area (TPSA) is 72.6 Å². The summed E-state index contributed by atoms with van der Waals surface area (Å²) in [5.74, 6) is -0.0675. The quantitative estimate of drug-likeness (QED) is 0.814. The first-order valence-electron chi connectivity index (χ1n) is 6.13. The molecule has 4 heteroatoms. The summed E-state index contributed by atoms with van der Waals surface area (Å²) >= 11 is 0. The molecule has 1 aromatic carbocycles. The standard InChI is InChI=1S/C14H21NO3/c1-4-10-8-11(5-6-12(10)18-3)14(15)9(2)7-13(16)17/h5-6,8-9,14H,4,7,15H2,1-3H3,(H,16,17). The van der Waals surface area contributed by atoms with Gasteiger partial charge in [0.1, 0.15) is 5.75 Å². The molecule has 1 aromatic rings. The van der Waals surface area contributed by atoms with Crippen LogP contribution in [0.1, 0.15) is 37.4 Å². The number of carboxylic acid groups (broad SMARTS) is 1. The summed E-state index contributed by atoms with van der Waals surface area (Å²) in [7, 11) is 1.64. The minimum absolute atomic E-state index is 0.0780. The van der Waals surface area contributed by atoms with Crippen molar-refractivity contribution in [1.29, 1.82) is 0 Å². The molecule has 0 saturated heterocycles. The van der Waals surface area contributed by atoms with Crippen LogP contribution < -0.4 is 10.5 Å². The molecular weight excluding hydrogens is 230 g/mol. The van der Waals surface area contributed by atoms with Gasteiger partial charge in [-0.1, -0.05) is 26.0 Å². The van der Waals surface area contributed by atoms with Crippen molar-refractivity contribution >= 4 is 5.97 Å². The van der Waals surface area contributed by atoms with Gasteiger partial charge in [0, 0.05) is 12.5 Å². The van der Waals surface area contributed by atoms with E-state index < -0.39 is 5.97 Å². The van der Waals surface area contributed by atoms with Gasteiger partial charge >= 0.3 is 5.97 Å². The van der Waals surface area contributed by atoms with Gasteiger partial charge in [-0.2, -0.15) is 0 Å². The number of hydrogen-bond donors (Lipinski definition) is 2. The van der Waals surface area contributed by atoms with E-state index in [4.69, 9.17) is 15.6 Å². The molecule has 0 heterocycles. The summed E-state index contributed by atoms with van der Waals surface area (Å²) in [4.78, 5) is 10.7. The van der Waals surface area contributed by atoms with Crippen molar-refractivity contribution in [2.24, 2.45) is 11.7 Å². The highest BCUT2D eigenvalue weighted by atomic mass is 16.5. The van der Waals surface area contributed by atoms with Gasteiger partial charge in [-0.05, 0) is 29.5 Å². The number of carbonyl (C=O) groups is 1. The van der Waals surface area contributed by atoms with Gasteiger partial charge in [0.05, 0.1) is 7.11 Å². The highest BCUT2D eigenvalue weighted by Gasteiger charge is 2.18. The van der Waals surface area contributed by atoms with E-state index in [1.807, 2.05) is 32.0 Å². The third-order valence-corrected chi connectivity index (χ3v) is 3.18. The summed E-state index contributed by atoms with van der Waals surface area (Å²) in [5.41, 5.74) is 8.15. The maximum Gasteiger partial charge on any atom is 0.303 e. The highest BCUT2D eigenvalue weighted by Crippen LogP contribution is 2.27. The van der Waals surface area contributed by atoms with E-state index in [9.17, 15) is 4.79 Å². The second-order valence-corrected chi connectivity index (χ2v) is 4.53. The van der Waals surface area contributed by atoms with Gasteiger partial charge in [-0.25, -0.2) is 0 Å². The Hall–Kier alpha value is -1.55. The molecule has 0 radical (unpaired) electrons. The molecule has 1 rings (SSSR count). The van der Waals surface area contributed by atoms with Crippen LogP contribution in [0.15, 0.2) is 18.2 Å². The Morgan fingerprint density at radius 2 is 2.17 bits per heavy atom. The van der Waals surface area contributed by atoms with Crippen molar-refractivity contribution in [1.82, 2.24) is 0 Å². The van der Waals surface area contributed by atoms with Crippen LogP contribution in [-0.2, 0) is 11.2 Å². The van der Waals surface area contributed by atoms with Crippen LogP contribution in [0.2, 0.25) is 0 Å². The summed E-state index contributed by atoms with van der Waals surface area (Å²) in [6, 6.07) is 5.53. The molecule has 3 N–H and O–H groups in total. The van der Waals surface area contributed by atoms with Gasteiger partial charge < -0.3 is 15.6 Å². The zero-order valence-electron chi connectivity index (χ0n) is 11.1. The number of carboxylic acids is 1. The van der Waals surface area contributed by atoms with E-state index in [1.54, 1.807) is 7.11 Å². The Morgan fingerprint density at radius 3 is 2.67 bits per heavy atom. The average Bonchev–Trinajstić information content (AvgIpc) is 2.36. The number of aryl methyl sites for hydroxylation is 1. The second kappa shape index (κ2) is 6.40. The third kappa shape index (κ3) is 3.47. The average molecular weight is 251 g/mol. The normalized spacial score (nSPS) is 14.0. The van der Waals surface area contributed by atoms with Crippen molar-refractivity contribution in [2.45, 2.75) is 32.7 Å². The Balaban J connectivity index is 2.92. The minimum atomic E-state index is -0.817. The van der Waals surface area contributed by atoms with E-state index in [0.29, 0.717) is 0 Å². The van der Waals surface area contributed by atoms with Gasteiger partial charge in [-0.3, -0.25) is 4.79 Å². The van der Waals surface area contributed by atoms with E-state index in [-0.39, 0.29) is 18.4 Å². The van der Waals surface area contributed by atoms with Crippen molar-refractivity contribution in [2.75, 3.05) is 7.11 Å². The molecule has 4 nitrogen and oxygen atoms in total. The molecule has 0 saturated carbocycles. The monoisotopic (exact) mass is 251 g/mol. The fourth-order valence-electron chi connectivity index (χ4n) is 2.01. The van der Waals surface area contributed by atoms with Crippen LogP contribution >= 0.6 is 0 Å². The molecule has 0 aromatic heterocycles. The molecule has 0 spiro atoms. The van der Waals surface area contributed by atoms with Gasteiger partial charge in [0.15, 0.2) is 0 Å². The number of benzene rings is 1. The molecule has 0 amide bonds. The first-order valence-corrected chi connectivity index (χ1v) is 6.13. The maximum atomic E-state index is 10.7. The largest absolute Gasteiger partial charge is 0.496 e. The molecule has 2 unspecified atom stereocenters. The SMILES string of the molecule is CCc1cc(C(N)C(C)CC(=O)O)ccc1OC. The molecule has 0 aliphatic heterocycles. The van der Waals surface area contributed by atoms with E-state index in [1.165, 1.54) is 0 Å². The van der Waals surface area contributed by atoms with Crippen molar-refractivity contribution in [3.8, 4) is 5.75 Å². The molecule has 2 atom stereocenters. The second-order valence-electron chi connectivity index (χ2n) is 4.53. The fraction of sp³-hybridized carbons (Fsp3) is 0.500. The number of nitrogens with two attached hydrogens (primary N) is 1. The lowest BCUT2D eigenvalue weighted by molar-refractivity contribution is -0.138. The van der Waals surface area contributed by atoms with Gasteiger partial charge in [-0.15, -0.1) is 0 Å². The molecule has 0 aliphatic carbocycles. The zero-order chi connectivity index (χ0) is 13.7. The van der Waals surface area contributed by atoms with Crippen molar-refractivity contribution < 1.29 is 14.6 Å². The Labute approximate surface area is 108 Å². The summed E-state index contributed by atoms with van der Waals surface area (Å²) in [6.45, 7) is 3.91. The lowest BCUT2D eigenvalue weighted by Gasteiger charge is -2.20. The van der Waals surface area contributed by atoms with E-state index in [2.05, 4.69) is 0 Å². The Morgan fingerprint density at radius 1 is 1.50 bits per heavy atom. The van der Waals surface area contributed by atoms with Crippen LogP contribution in [0.4, 0.5) is 0 Å². The highest BCUT2D eigenvalue weighted by molar-refractivity contribution is 5.67. The molecular formula is C14H21NO3. The number of rotatable bonds is 6. The first-order chi connectivity index (χ1) is 8.49. The maximum absolute atomic E-state index is 10.7. The zero-order valence-corrected chi connectivity index (χ0v) is 11.1. The smallest absolute Gasteiger partial charge is 0.303 e. The molecule has 100 valence electrons. The fourth-order valence-corrected chi connectivity index (χ4v) is 2.01. The number of ether oxygens (including phenoxy) is 1. The number of hydrogen-bond acceptors (Lipinski definition) is 3. The van der Waals surface area contributed by atoms with Gasteiger partial charge in [0.25, 0.3) is 0 Å². The number of aliphatic carboxylic acids is 1. The van der Waals surface area contributed by atoms with Crippen LogP contribution in [0, 0.1) is 5.92 Å². The predicted molar refractivity (Wildman–Crippen MR) is 70.7 cm³/mol. The van der Waals surface area contributed by atoms with E-state index in [0.717, 1.165) is 23.3 Å². The summed E-state index contributed by atoms with van der Waals surface area (Å²) in [5, 5.41) is 8.79. The van der Waals surface area contributed by atoms with Gasteiger partial charge in [0.2, 0.25) is 0 Å². The Bertz CT molecular complexity index is 418. The van der Waals surface area contributed by atoms with Crippen molar-refractivity contribution in [3.05, 3.63) is 29.3 Å². The van der Waals surface area contributed by atoms with Crippen LogP contribution in [0.25, 0.3) is 0 Å². The lowest BCUT2D eigenvalue weighted by Crippen LogP contribution is -2.21. The van der Waals surface area contributed by atoms with Crippen LogP contribution in [-0.4, -0.2) is 18.2 Å². The molecule has 0 fully saturated rings. The summed E-state index contributed by atoms with van der Waals surface area (Å²) < 4.78 is 5.26. The van der Waals surface area contributed by atoms with Crippen molar-refractivity contribution in [3.63, 3.8) is 0 Å². The third-order valence-electron chi connectivity index (χ3n) is 3.18. The molecule has 0 bridgehead atoms. The molecule has 18 heavy (non-hydrogen) atoms. The summed E-state index contributed by atoms with van der Waals surface area (Å²) in [6.07, 6.45) is 0.936. The van der Waals surface area contributed by atoms with E-state index >= 15 is 0 Å².